The first-order valence-electron chi connectivity index (χ1n) is 5.03. The van der Waals surface area contributed by atoms with Crippen LogP contribution in [0.25, 0.3) is 0 Å². The minimum atomic E-state index is -0.894. The first-order chi connectivity index (χ1) is 7.60. The third-order valence-electron chi connectivity index (χ3n) is 2.87. The number of carbonyl (C=O) groups excluding carboxylic acids is 1. The largest absolute Gasteiger partial charge is 0.291 e. The summed E-state index contributed by atoms with van der Waals surface area (Å²) in [5.74, 6) is -1.38. The lowest BCUT2D eigenvalue weighted by molar-refractivity contribution is -0.124. The molecule has 1 aliphatic rings. The zero-order chi connectivity index (χ0) is 11.8. The van der Waals surface area contributed by atoms with E-state index in [9.17, 15) is 13.6 Å². The van der Waals surface area contributed by atoms with Crippen LogP contribution < -0.4 is 10.9 Å². The van der Waals surface area contributed by atoms with Gasteiger partial charge in [-0.15, -0.1) is 0 Å². The van der Waals surface area contributed by atoms with E-state index < -0.39 is 17.0 Å². The zero-order valence-corrected chi connectivity index (χ0v) is 8.81. The van der Waals surface area contributed by atoms with Gasteiger partial charge in [-0.25, -0.2) is 14.2 Å². The zero-order valence-electron chi connectivity index (χ0n) is 8.81. The topological polar surface area (TPSA) is 41.1 Å². The number of amides is 1. The molecule has 3 nitrogen and oxygen atoms in total. The van der Waals surface area contributed by atoms with Crippen LogP contribution >= 0.6 is 0 Å². The Morgan fingerprint density at radius 1 is 1.38 bits per heavy atom. The Hall–Kier alpha value is -1.49. The Morgan fingerprint density at radius 3 is 2.62 bits per heavy atom. The lowest BCUT2D eigenvalue weighted by atomic mass is 9.94. The van der Waals surface area contributed by atoms with Crippen molar-refractivity contribution in [1.82, 2.24) is 10.9 Å². The maximum Gasteiger partial charge on any atom is 0.244 e. The number of rotatable bonds is 3. The molecule has 1 aliphatic carbocycles. The summed E-state index contributed by atoms with van der Waals surface area (Å²) in [5, 5.41) is 0. The van der Waals surface area contributed by atoms with Gasteiger partial charge in [-0.2, -0.15) is 0 Å². The number of hydrogen-bond donors (Lipinski definition) is 2. The summed E-state index contributed by atoms with van der Waals surface area (Å²) in [6, 6.07) is 3.19. The predicted octanol–water partition coefficient (Wildman–Crippen LogP) is 1.25. The van der Waals surface area contributed by atoms with E-state index in [1.165, 1.54) is 0 Å². The van der Waals surface area contributed by atoms with E-state index >= 15 is 0 Å². The van der Waals surface area contributed by atoms with Crippen molar-refractivity contribution in [3.8, 4) is 0 Å². The second kappa shape index (κ2) is 3.83. The molecule has 1 fully saturated rings. The van der Waals surface area contributed by atoms with E-state index in [4.69, 9.17) is 0 Å². The minimum Gasteiger partial charge on any atom is -0.291 e. The van der Waals surface area contributed by atoms with E-state index in [0.29, 0.717) is 12.8 Å². The maximum absolute atomic E-state index is 13.5. The van der Waals surface area contributed by atoms with Gasteiger partial charge < -0.3 is 0 Å². The van der Waals surface area contributed by atoms with Crippen LogP contribution in [0.1, 0.15) is 18.4 Å². The van der Waals surface area contributed by atoms with Gasteiger partial charge in [0.25, 0.3) is 0 Å². The van der Waals surface area contributed by atoms with Crippen LogP contribution in [0.15, 0.2) is 18.2 Å². The quantitative estimate of drug-likeness (QED) is 0.761. The number of hydrazine groups is 1. The fourth-order valence-electron chi connectivity index (χ4n) is 1.84. The Morgan fingerprint density at radius 2 is 2.06 bits per heavy atom. The van der Waals surface area contributed by atoms with Gasteiger partial charge in [0.05, 0.1) is 5.41 Å². The summed E-state index contributed by atoms with van der Waals surface area (Å²) in [7, 11) is 1.55. The number of hydrogen-bond acceptors (Lipinski definition) is 2. The highest BCUT2D eigenvalue weighted by molar-refractivity contribution is 5.90. The predicted molar refractivity (Wildman–Crippen MR) is 54.5 cm³/mol. The van der Waals surface area contributed by atoms with Gasteiger partial charge in [0, 0.05) is 12.6 Å². The average Bonchev–Trinajstić information content (AvgIpc) is 3.03. The number of halogens is 2. The van der Waals surface area contributed by atoms with Crippen molar-refractivity contribution < 1.29 is 13.6 Å². The number of benzene rings is 1. The van der Waals surface area contributed by atoms with Gasteiger partial charge in [0.1, 0.15) is 11.6 Å². The van der Waals surface area contributed by atoms with E-state index in [0.717, 1.165) is 18.2 Å². The summed E-state index contributed by atoms with van der Waals surface area (Å²) in [6.07, 6.45) is 1.09. The summed E-state index contributed by atoms with van der Waals surface area (Å²) in [4.78, 5) is 11.7. The molecule has 1 aromatic carbocycles. The van der Waals surface area contributed by atoms with E-state index in [-0.39, 0.29) is 11.5 Å². The van der Waals surface area contributed by atoms with Crippen LogP contribution in [0.5, 0.6) is 0 Å². The molecule has 0 spiro atoms. The van der Waals surface area contributed by atoms with Crippen LogP contribution in [-0.4, -0.2) is 13.0 Å². The van der Waals surface area contributed by atoms with Gasteiger partial charge in [-0.1, -0.05) is 0 Å². The van der Waals surface area contributed by atoms with E-state index in [1.807, 2.05) is 0 Å². The minimum absolute atomic E-state index is 0.139. The van der Waals surface area contributed by atoms with Crippen molar-refractivity contribution in [2.45, 2.75) is 18.3 Å². The van der Waals surface area contributed by atoms with Gasteiger partial charge in [0.2, 0.25) is 5.91 Å². The van der Waals surface area contributed by atoms with Crippen molar-refractivity contribution in [3.05, 3.63) is 35.4 Å². The Labute approximate surface area is 91.8 Å². The molecule has 1 aromatic rings. The molecule has 1 amide bonds. The van der Waals surface area contributed by atoms with Crippen molar-refractivity contribution in [3.63, 3.8) is 0 Å². The molecule has 0 atom stereocenters. The highest BCUT2D eigenvalue weighted by atomic mass is 19.1. The second-order valence-electron chi connectivity index (χ2n) is 3.91. The van der Waals surface area contributed by atoms with Crippen molar-refractivity contribution in [2.75, 3.05) is 7.05 Å². The third-order valence-corrected chi connectivity index (χ3v) is 2.87. The molecular weight excluding hydrogens is 214 g/mol. The second-order valence-corrected chi connectivity index (χ2v) is 3.91. The summed E-state index contributed by atoms with van der Waals surface area (Å²) >= 11 is 0. The molecule has 1 saturated carbocycles. The summed E-state index contributed by atoms with van der Waals surface area (Å²) in [6.45, 7) is 0. The average molecular weight is 226 g/mol. The molecule has 5 heteroatoms. The number of nitrogens with one attached hydrogen (secondary N) is 2. The van der Waals surface area contributed by atoms with Crippen LogP contribution in [0.3, 0.4) is 0 Å². The van der Waals surface area contributed by atoms with Crippen molar-refractivity contribution in [2.24, 2.45) is 0 Å². The van der Waals surface area contributed by atoms with Gasteiger partial charge in [-0.3, -0.25) is 10.2 Å². The Balaban J connectivity index is 2.36. The maximum atomic E-state index is 13.5. The van der Waals surface area contributed by atoms with E-state index in [2.05, 4.69) is 10.9 Å². The lowest BCUT2D eigenvalue weighted by Gasteiger charge is -2.15. The van der Waals surface area contributed by atoms with Gasteiger partial charge in [-0.05, 0) is 31.0 Å². The molecule has 0 saturated heterocycles. The van der Waals surface area contributed by atoms with Crippen LogP contribution in [0.2, 0.25) is 0 Å². The van der Waals surface area contributed by atoms with Crippen molar-refractivity contribution >= 4 is 5.91 Å². The van der Waals surface area contributed by atoms with E-state index in [1.54, 1.807) is 7.05 Å². The summed E-state index contributed by atoms with van der Waals surface area (Å²) < 4.78 is 26.6. The molecule has 2 N–H and O–H groups in total. The molecule has 0 bridgehead atoms. The monoisotopic (exact) mass is 226 g/mol. The van der Waals surface area contributed by atoms with Crippen LogP contribution in [-0.2, 0) is 10.2 Å². The number of carbonyl (C=O) groups is 1. The normalized spacial score (nSPS) is 16.9. The Kier molecular flexibility index (Phi) is 2.63. The fourth-order valence-corrected chi connectivity index (χ4v) is 1.84. The molecule has 0 heterocycles. The molecule has 16 heavy (non-hydrogen) atoms. The highest BCUT2D eigenvalue weighted by Crippen LogP contribution is 2.49. The molecule has 0 aromatic heterocycles. The molecule has 0 unspecified atom stereocenters. The van der Waals surface area contributed by atoms with Gasteiger partial charge in [0.15, 0.2) is 0 Å². The molecule has 86 valence electrons. The first kappa shape index (κ1) is 11.0. The van der Waals surface area contributed by atoms with Gasteiger partial charge >= 0.3 is 0 Å². The molecule has 0 radical (unpaired) electrons. The van der Waals surface area contributed by atoms with Crippen LogP contribution in [0, 0.1) is 11.6 Å². The van der Waals surface area contributed by atoms with Crippen LogP contribution in [0.4, 0.5) is 8.78 Å². The third kappa shape index (κ3) is 1.67. The fraction of sp³-hybridized carbons (Fsp3) is 0.364. The molecule has 0 aliphatic heterocycles. The van der Waals surface area contributed by atoms with Crippen molar-refractivity contribution in [1.29, 1.82) is 0 Å². The highest BCUT2D eigenvalue weighted by Gasteiger charge is 2.52. The first-order valence-corrected chi connectivity index (χ1v) is 5.03. The standard InChI is InChI=1S/C11H12F2N2O/c1-14-15-10(16)11(4-5-11)8-6-7(12)2-3-9(8)13/h2-3,6,14H,4-5H2,1H3,(H,15,16). The Bertz CT molecular complexity index is 430. The SMILES string of the molecule is CNNC(=O)C1(c2cc(F)ccc2F)CC1. The lowest BCUT2D eigenvalue weighted by Crippen LogP contribution is -2.42. The molecular formula is C11H12F2N2O. The summed E-state index contributed by atoms with van der Waals surface area (Å²) in [5.41, 5.74) is 4.16. The smallest absolute Gasteiger partial charge is 0.244 e. The molecule has 2 rings (SSSR count).